The van der Waals surface area contributed by atoms with Crippen molar-refractivity contribution in [3.63, 3.8) is 0 Å². The molecule has 0 aromatic heterocycles. The van der Waals surface area contributed by atoms with Crippen LogP contribution in [0.1, 0.15) is 13.3 Å². The van der Waals surface area contributed by atoms with Gasteiger partial charge >= 0.3 is 0 Å². The van der Waals surface area contributed by atoms with Gasteiger partial charge in [0.15, 0.2) is 12.6 Å². The van der Waals surface area contributed by atoms with E-state index in [1.54, 1.807) is 0 Å². The Labute approximate surface area is 81.7 Å². The lowest BCUT2D eigenvalue weighted by atomic mass is 10.0. The molecule has 1 aliphatic heterocycles. The SMILES string of the molecule is CC(O)OC[C@@H]1C[C@H](O)[C@@H](O)[C@@H](O)O1. The van der Waals surface area contributed by atoms with Gasteiger partial charge in [0.2, 0.25) is 0 Å². The van der Waals surface area contributed by atoms with Crippen LogP contribution in [0, 0.1) is 0 Å². The summed E-state index contributed by atoms with van der Waals surface area (Å²) in [4.78, 5) is 0. The van der Waals surface area contributed by atoms with Crippen LogP contribution in [0.5, 0.6) is 0 Å². The molecule has 1 unspecified atom stereocenters. The Morgan fingerprint density at radius 2 is 2.07 bits per heavy atom. The van der Waals surface area contributed by atoms with Crippen molar-refractivity contribution in [3.8, 4) is 0 Å². The highest BCUT2D eigenvalue weighted by Gasteiger charge is 2.35. The van der Waals surface area contributed by atoms with Crippen molar-refractivity contribution in [3.05, 3.63) is 0 Å². The Morgan fingerprint density at radius 3 is 2.57 bits per heavy atom. The van der Waals surface area contributed by atoms with E-state index in [0.717, 1.165) is 0 Å². The van der Waals surface area contributed by atoms with Crippen LogP contribution in [0.4, 0.5) is 0 Å². The first-order chi connectivity index (χ1) is 6.50. The second kappa shape index (κ2) is 5.01. The third kappa shape index (κ3) is 3.16. The molecule has 6 nitrogen and oxygen atoms in total. The number of hydrogen-bond donors (Lipinski definition) is 4. The van der Waals surface area contributed by atoms with E-state index in [1.165, 1.54) is 6.92 Å². The minimum absolute atomic E-state index is 0.0680. The molecule has 0 aromatic carbocycles. The van der Waals surface area contributed by atoms with Crippen LogP contribution in [-0.2, 0) is 9.47 Å². The van der Waals surface area contributed by atoms with Crippen LogP contribution in [0.25, 0.3) is 0 Å². The topological polar surface area (TPSA) is 99.4 Å². The molecule has 0 bridgehead atoms. The van der Waals surface area contributed by atoms with E-state index in [2.05, 4.69) is 0 Å². The number of rotatable bonds is 3. The molecular formula is C8H16O6. The van der Waals surface area contributed by atoms with Crippen molar-refractivity contribution >= 4 is 0 Å². The molecule has 1 aliphatic rings. The molecule has 6 heteroatoms. The first kappa shape index (κ1) is 11.8. The summed E-state index contributed by atoms with van der Waals surface area (Å²) in [7, 11) is 0. The van der Waals surface area contributed by atoms with Gasteiger partial charge in [0.1, 0.15) is 6.10 Å². The number of ether oxygens (including phenoxy) is 2. The summed E-state index contributed by atoms with van der Waals surface area (Å²) in [5, 5.41) is 36.4. The molecule has 84 valence electrons. The van der Waals surface area contributed by atoms with Crippen LogP contribution in [0.2, 0.25) is 0 Å². The van der Waals surface area contributed by atoms with Gasteiger partial charge in [-0.05, 0) is 6.92 Å². The summed E-state index contributed by atoms with van der Waals surface area (Å²) in [6.07, 6.45) is -4.97. The molecule has 1 fully saturated rings. The van der Waals surface area contributed by atoms with Gasteiger partial charge < -0.3 is 29.9 Å². The van der Waals surface area contributed by atoms with Gasteiger partial charge in [0.05, 0.1) is 18.8 Å². The second-order valence-electron chi connectivity index (χ2n) is 3.37. The second-order valence-corrected chi connectivity index (χ2v) is 3.37. The first-order valence-corrected chi connectivity index (χ1v) is 4.50. The van der Waals surface area contributed by atoms with Crippen LogP contribution in [-0.4, -0.2) is 57.9 Å². The summed E-state index contributed by atoms with van der Waals surface area (Å²) in [6, 6.07) is 0. The fourth-order valence-electron chi connectivity index (χ4n) is 1.29. The molecule has 0 amide bonds. The molecule has 0 aliphatic carbocycles. The highest BCUT2D eigenvalue weighted by atomic mass is 16.7. The molecule has 1 saturated heterocycles. The maximum Gasteiger partial charge on any atom is 0.183 e. The average Bonchev–Trinajstić information content (AvgIpc) is 2.10. The van der Waals surface area contributed by atoms with E-state index in [1.807, 2.05) is 0 Å². The molecule has 4 N–H and O–H groups in total. The predicted molar refractivity (Wildman–Crippen MR) is 45.1 cm³/mol. The van der Waals surface area contributed by atoms with Crippen molar-refractivity contribution in [2.75, 3.05) is 6.61 Å². The van der Waals surface area contributed by atoms with Crippen molar-refractivity contribution in [2.45, 2.75) is 44.2 Å². The molecule has 5 atom stereocenters. The fourth-order valence-corrected chi connectivity index (χ4v) is 1.29. The Balaban J connectivity index is 2.34. The normalized spacial score (nSPS) is 40.9. The van der Waals surface area contributed by atoms with E-state index in [9.17, 15) is 5.11 Å². The quantitative estimate of drug-likeness (QED) is 0.407. The van der Waals surface area contributed by atoms with Gasteiger partial charge in [-0.3, -0.25) is 0 Å². The standard InChI is InChI=1S/C8H16O6/c1-4(9)13-3-5-2-6(10)7(11)8(12)14-5/h4-12H,2-3H2,1H3/t4?,5-,6-,7+,8-/m0/s1. The number of aliphatic hydroxyl groups excluding tert-OH is 4. The summed E-state index contributed by atoms with van der Waals surface area (Å²) in [5.41, 5.74) is 0. The molecular weight excluding hydrogens is 192 g/mol. The van der Waals surface area contributed by atoms with Gasteiger partial charge in [-0.25, -0.2) is 0 Å². The minimum atomic E-state index is -1.40. The van der Waals surface area contributed by atoms with E-state index in [-0.39, 0.29) is 13.0 Å². The van der Waals surface area contributed by atoms with E-state index >= 15 is 0 Å². The summed E-state index contributed by atoms with van der Waals surface area (Å²) >= 11 is 0. The highest BCUT2D eigenvalue weighted by molar-refractivity contribution is 4.80. The number of aliphatic hydroxyl groups is 4. The van der Waals surface area contributed by atoms with Gasteiger partial charge in [0.25, 0.3) is 0 Å². The minimum Gasteiger partial charge on any atom is -0.390 e. The first-order valence-electron chi connectivity index (χ1n) is 4.50. The largest absolute Gasteiger partial charge is 0.390 e. The summed E-state index contributed by atoms with van der Waals surface area (Å²) in [5.74, 6) is 0. The van der Waals surface area contributed by atoms with Gasteiger partial charge in [-0.1, -0.05) is 0 Å². The van der Waals surface area contributed by atoms with Gasteiger partial charge in [0, 0.05) is 6.42 Å². The van der Waals surface area contributed by atoms with Crippen molar-refractivity contribution in [1.82, 2.24) is 0 Å². The monoisotopic (exact) mass is 208 g/mol. The lowest BCUT2D eigenvalue weighted by molar-refractivity contribution is -0.261. The third-order valence-electron chi connectivity index (χ3n) is 2.05. The third-order valence-corrected chi connectivity index (χ3v) is 2.05. The molecule has 0 radical (unpaired) electrons. The lowest BCUT2D eigenvalue weighted by Crippen LogP contribution is -2.49. The van der Waals surface area contributed by atoms with Crippen LogP contribution in [0.3, 0.4) is 0 Å². The summed E-state index contributed by atoms with van der Waals surface area (Å²) in [6.45, 7) is 1.52. The van der Waals surface area contributed by atoms with Crippen molar-refractivity contribution < 1.29 is 29.9 Å². The Morgan fingerprint density at radius 1 is 1.43 bits per heavy atom. The maximum atomic E-state index is 9.28. The van der Waals surface area contributed by atoms with Crippen LogP contribution >= 0.6 is 0 Å². The fraction of sp³-hybridized carbons (Fsp3) is 1.00. The van der Waals surface area contributed by atoms with E-state index in [0.29, 0.717) is 0 Å². The Bertz CT molecular complexity index is 161. The van der Waals surface area contributed by atoms with Crippen LogP contribution in [0.15, 0.2) is 0 Å². The van der Waals surface area contributed by atoms with E-state index < -0.39 is 30.9 Å². The highest BCUT2D eigenvalue weighted by Crippen LogP contribution is 2.19. The molecule has 1 rings (SSSR count). The zero-order chi connectivity index (χ0) is 10.7. The maximum absolute atomic E-state index is 9.28. The van der Waals surface area contributed by atoms with E-state index in [4.69, 9.17) is 24.8 Å². The van der Waals surface area contributed by atoms with Gasteiger partial charge in [-0.2, -0.15) is 0 Å². The zero-order valence-electron chi connectivity index (χ0n) is 7.91. The predicted octanol–water partition coefficient (Wildman–Crippen LogP) is -1.83. The smallest absolute Gasteiger partial charge is 0.183 e. The van der Waals surface area contributed by atoms with Crippen molar-refractivity contribution in [2.24, 2.45) is 0 Å². The molecule has 0 spiro atoms. The average molecular weight is 208 g/mol. The molecule has 0 saturated carbocycles. The Kier molecular flexibility index (Phi) is 4.24. The van der Waals surface area contributed by atoms with Gasteiger partial charge in [-0.15, -0.1) is 0 Å². The molecule has 0 aromatic rings. The zero-order valence-corrected chi connectivity index (χ0v) is 7.91. The number of hydrogen-bond acceptors (Lipinski definition) is 6. The lowest BCUT2D eigenvalue weighted by Gasteiger charge is -2.34. The summed E-state index contributed by atoms with van der Waals surface area (Å²) < 4.78 is 9.77. The van der Waals surface area contributed by atoms with Crippen molar-refractivity contribution in [1.29, 1.82) is 0 Å². The van der Waals surface area contributed by atoms with Crippen LogP contribution < -0.4 is 0 Å². The Hall–Kier alpha value is -0.240. The molecule has 1 heterocycles. The molecule has 14 heavy (non-hydrogen) atoms.